The van der Waals surface area contributed by atoms with Gasteiger partial charge in [0.25, 0.3) is 0 Å². The highest BCUT2D eigenvalue weighted by Crippen LogP contribution is 2.37. The summed E-state index contributed by atoms with van der Waals surface area (Å²) in [6, 6.07) is 14.7. The summed E-state index contributed by atoms with van der Waals surface area (Å²) in [5.74, 6) is -0.359. The van der Waals surface area contributed by atoms with Gasteiger partial charge in [0.1, 0.15) is 23.9 Å². The summed E-state index contributed by atoms with van der Waals surface area (Å²) in [4.78, 5) is 33.5. The van der Waals surface area contributed by atoms with Crippen LogP contribution in [-0.4, -0.2) is 44.4 Å². The molecular weight excluding hydrogens is 492 g/mol. The van der Waals surface area contributed by atoms with E-state index in [0.717, 1.165) is 0 Å². The lowest BCUT2D eigenvalue weighted by molar-refractivity contribution is -0.128. The molecule has 192 valence electrons. The van der Waals surface area contributed by atoms with E-state index in [4.69, 9.17) is 16.3 Å². The van der Waals surface area contributed by atoms with E-state index in [1.165, 1.54) is 16.7 Å². The number of halogens is 1. The van der Waals surface area contributed by atoms with Crippen LogP contribution in [0.4, 0.5) is 5.69 Å². The van der Waals surface area contributed by atoms with E-state index in [9.17, 15) is 9.59 Å². The van der Waals surface area contributed by atoms with E-state index in [1.807, 2.05) is 45.0 Å². The third-order valence-corrected chi connectivity index (χ3v) is 6.48. The number of carbonyl (C=O) groups is 2. The van der Waals surface area contributed by atoms with E-state index in [1.54, 1.807) is 42.7 Å². The lowest BCUT2D eigenvalue weighted by Crippen LogP contribution is -2.51. The van der Waals surface area contributed by atoms with Crippen molar-refractivity contribution in [2.75, 3.05) is 12.0 Å². The maximum atomic E-state index is 14.1. The molecule has 0 fully saturated rings. The highest BCUT2D eigenvalue weighted by molar-refractivity contribution is 6.31. The number of carbonyl (C=O) groups excluding carboxylic acids is 2. The number of pyridine rings is 1. The first-order valence-corrected chi connectivity index (χ1v) is 12.3. The molecule has 2 heterocycles. The molecule has 2 amide bonds. The van der Waals surface area contributed by atoms with Crippen molar-refractivity contribution in [1.29, 1.82) is 0 Å². The summed E-state index contributed by atoms with van der Waals surface area (Å²) in [6.07, 6.45) is 3.87. The molecule has 0 saturated carbocycles. The molecule has 2 aromatic carbocycles. The molecule has 1 atom stereocenters. The Morgan fingerprint density at radius 1 is 1.14 bits per heavy atom. The van der Waals surface area contributed by atoms with Gasteiger partial charge < -0.3 is 10.1 Å². The number of hydrogen-bond acceptors (Lipinski definition) is 6. The molecule has 0 radical (unpaired) electrons. The van der Waals surface area contributed by atoms with Gasteiger partial charge in [-0.2, -0.15) is 0 Å². The summed E-state index contributed by atoms with van der Waals surface area (Å²) in [7, 11) is 1.50. The largest absolute Gasteiger partial charge is 0.495 e. The van der Waals surface area contributed by atoms with Crippen molar-refractivity contribution in [3.8, 4) is 5.75 Å². The van der Waals surface area contributed by atoms with Crippen molar-refractivity contribution in [2.45, 2.75) is 45.3 Å². The zero-order valence-corrected chi connectivity index (χ0v) is 21.9. The maximum Gasteiger partial charge on any atom is 0.249 e. The predicted octanol–water partition coefficient (Wildman–Crippen LogP) is 4.57. The Morgan fingerprint density at radius 2 is 1.86 bits per heavy atom. The molecule has 4 rings (SSSR count). The van der Waals surface area contributed by atoms with Crippen molar-refractivity contribution in [3.05, 3.63) is 77.6 Å². The first-order chi connectivity index (χ1) is 17.7. The van der Waals surface area contributed by atoms with Gasteiger partial charge in [-0.1, -0.05) is 35.9 Å². The first-order valence-electron chi connectivity index (χ1n) is 11.9. The molecular formula is C27H29ClN6O3. The monoisotopic (exact) mass is 520 g/mol. The zero-order chi connectivity index (χ0) is 26.6. The summed E-state index contributed by atoms with van der Waals surface area (Å²) in [5, 5.41) is 11.8. The number of nitrogens with one attached hydrogen (secondary N) is 1. The number of aromatic nitrogens is 4. The van der Waals surface area contributed by atoms with E-state index < -0.39 is 17.5 Å². The number of benzene rings is 2. The van der Waals surface area contributed by atoms with Crippen LogP contribution >= 0.6 is 11.6 Å². The van der Waals surface area contributed by atoms with E-state index in [-0.39, 0.29) is 12.5 Å². The first kappa shape index (κ1) is 26.1. The number of fused-ring (bicyclic) bond motifs is 1. The molecule has 0 aliphatic heterocycles. The van der Waals surface area contributed by atoms with Crippen LogP contribution in [0.2, 0.25) is 5.02 Å². The molecule has 9 nitrogen and oxygen atoms in total. The topological polar surface area (TPSA) is 102 Å². The van der Waals surface area contributed by atoms with Gasteiger partial charge in [0.05, 0.1) is 18.3 Å². The van der Waals surface area contributed by atoms with Crippen LogP contribution in [0.3, 0.4) is 0 Å². The van der Waals surface area contributed by atoms with Crippen LogP contribution in [0.15, 0.2) is 67.0 Å². The average Bonchev–Trinajstić information content (AvgIpc) is 3.30. The summed E-state index contributed by atoms with van der Waals surface area (Å²) in [5.41, 5.74) is 1.80. The maximum absolute atomic E-state index is 14.1. The standard InChI is InChI=1S/C27H29ClN6O3/c1-5-27(2,3)30-26(36)25(18-12-14-29-15-13-18)34(22-16-19(28)10-11-23(22)37-4)24(35)17-33-21-9-7-6-8-20(21)31-32-33/h6-16,25H,5,17H2,1-4H3,(H,30,36)/t25-/m0/s1. The third kappa shape index (κ3) is 5.72. The minimum atomic E-state index is -1.04. The van der Waals surface area contributed by atoms with E-state index >= 15 is 0 Å². The van der Waals surface area contributed by atoms with Gasteiger partial charge in [0, 0.05) is 23.0 Å². The molecule has 0 bridgehead atoms. The lowest BCUT2D eigenvalue weighted by Gasteiger charge is -2.35. The number of ether oxygens (including phenoxy) is 1. The Kier molecular flexibility index (Phi) is 7.73. The van der Waals surface area contributed by atoms with Crippen molar-refractivity contribution < 1.29 is 14.3 Å². The molecule has 2 aromatic heterocycles. The van der Waals surface area contributed by atoms with Crippen LogP contribution in [0.25, 0.3) is 11.0 Å². The van der Waals surface area contributed by atoms with Crippen LogP contribution in [0, 0.1) is 0 Å². The molecule has 0 aliphatic rings. The molecule has 0 unspecified atom stereocenters. The minimum absolute atomic E-state index is 0.164. The second-order valence-electron chi connectivity index (χ2n) is 9.23. The van der Waals surface area contributed by atoms with Crippen molar-refractivity contribution >= 4 is 40.1 Å². The number of hydrogen-bond donors (Lipinski definition) is 1. The molecule has 10 heteroatoms. The number of nitrogens with zero attached hydrogens (tertiary/aromatic N) is 5. The molecule has 0 aliphatic carbocycles. The number of para-hydroxylation sites is 1. The fraction of sp³-hybridized carbons (Fsp3) is 0.296. The summed E-state index contributed by atoms with van der Waals surface area (Å²) < 4.78 is 7.11. The van der Waals surface area contributed by atoms with E-state index in [2.05, 4.69) is 20.6 Å². The van der Waals surface area contributed by atoms with Gasteiger partial charge in [-0.3, -0.25) is 19.5 Å². The Morgan fingerprint density at radius 3 is 2.57 bits per heavy atom. The predicted molar refractivity (Wildman–Crippen MR) is 143 cm³/mol. The lowest BCUT2D eigenvalue weighted by atomic mass is 9.98. The third-order valence-electron chi connectivity index (χ3n) is 6.25. The fourth-order valence-electron chi connectivity index (χ4n) is 3.96. The van der Waals surface area contributed by atoms with Crippen molar-refractivity contribution in [3.63, 3.8) is 0 Å². The zero-order valence-electron chi connectivity index (χ0n) is 21.2. The Labute approximate surface area is 220 Å². The highest BCUT2D eigenvalue weighted by atomic mass is 35.5. The number of methoxy groups -OCH3 is 1. The van der Waals surface area contributed by atoms with Gasteiger partial charge >= 0.3 is 0 Å². The number of amides is 2. The Bertz CT molecular complexity index is 1410. The Balaban J connectivity index is 1.87. The number of anilines is 1. The van der Waals surface area contributed by atoms with Crippen molar-refractivity contribution in [1.82, 2.24) is 25.3 Å². The van der Waals surface area contributed by atoms with Crippen molar-refractivity contribution in [2.24, 2.45) is 0 Å². The average molecular weight is 521 g/mol. The summed E-state index contributed by atoms with van der Waals surface area (Å²) in [6.45, 7) is 5.69. The molecule has 0 spiro atoms. The van der Waals surface area contributed by atoms with E-state index in [0.29, 0.717) is 39.5 Å². The smallest absolute Gasteiger partial charge is 0.249 e. The normalized spacial score (nSPS) is 12.2. The van der Waals surface area contributed by atoms with Gasteiger partial charge in [0.15, 0.2) is 0 Å². The molecule has 1 N–H and O–H groups in total. The van der Waals surface area contributed by atoms with Gasteiger partial charge in [0.2, 0.25) is 11.8 Å². The second kappa shape index (κ2) is 11.0. The SMILES string of the molecule is CCC(C)(C)NC(=O)[C@H](c1ccncc1)N(C(=O)Cn1nnc2ccccc21)c1cc(Cl)ccc1OC. The highest BCUT2D eigenvalue weighted by Gasteiger charge is 2.36. The number of rotatable bonds is 9. The van der Waals surface area contributed by atoms with Crippen LogP contribution < -0.4 is 15.0 Å². The van der Waals surface area contributed by atoms with Crippen LogP contribution in [0.5, 0.6) is 5.75 Å². The summed E-state index contributed by atoms with van der Waals surface area (Å²) >= 11 is 6.37. The van der Waals surface area contributed by atoms with Gasteiger partial charge in [-0.15, -0.1) is 5.10 Å². The van der Waals surface area contributed by atoms with Crippen LogP contribution in [0.1, 0.15) is 38.8 Å². The minimum Gasteiger partial charge on any atom is -0.495 e. The fourth-order valence-corrected chi connectivity index (χ4v) is 4.13. The Hall–Kier alpha value is -3.98. The second-order valence-corrected chi connectivity index (χ2v) is 9.66. The van der Waals surface area contributed by atoms with Gasteiger partial charge in [-0.05, 0) is 68.3 Å². The molecule has 0 saturated heterocycles. The van der Waals surface area contributed by atoms with Crippen LogP contribution in [-0.2, 0) is 16.1 Å². The quantitative estimate of drug-likeness (QED) is 0.347. The molecule has 4 aromatic rings. The van der Waals surface area contributed by atoms with Gasteiger partial charge in [-0.25, -0.2) is 4.68 Å². The molecule has 37 heavy (non-hydrogen) atoms.